The standard InChI is InChI=1S/C14H20BrNO/c1-3-4-11-8-13(11)16-9-10-5-6-14(17-2)12(15)7-10/h5-7,11,13,16H,3-4,8-9H2,1-2H3. The zero-order chi connectivity index (χ0) is 12.3. The number of benzene rings is 1. The van der Waals surface area contributed by atoms with Crippen LogP contribution in [0.5, 0.6) is 5.75 Å². The molecule has 2 rings (SSSR count). The Labute approximate surface area is 112 Å². The molecule has 0 bridgehead atoms. The molecule has 0 saturated heterocycles. The molecule has 2 atom stereocenters. The minimum Gasteiger partial charge on any atom is -0.496 e. The highest BCUT2D eigenvalue weighted by molar-refractivity contribution is 9.10. The van der Waals surface area contributed by atoms with Gasteiger partial charge in [-0.1, -0.05) is 19.4 Å². The average Bonchev–Trinajstić information content (AvgIpc) is 3.06. The Bertz CT molecular complexity index is 380. The van der Waals surface area contributed by atoms with E-state index < -0.39 is 0 Å². The average molecular weight is 298 g/mol. The molecule has 0 aliphatic heterocycles. The summed E-state index contributed by atoms with van der Waals surface area (Å²) >= 11 is 3.51. The van der Waals surface area contributed by atoms with E-state index in [9.17, 15) is 0 Å². The summed E-state index contributed by atoms with van der Waals surface area (Å²) in [5.41, 5.74) is 1.31. The van der Waals surface area contributed by atoms with Crippen LogP contribution in [0.25, 0.3) is 0 Å². The van der Waals surface area contributed by atoms with Gasteiger partial charge in [-0.3, -0.25) is 0 Å². The molecule has 0 radical (unpaired) electrons. The largest absolute Gasteiger partial charge is 0.496 e. The molecule has 0 amide bonds. The SMILES string of the molecule is CCCC1CC1NCc1ccc(OC)c(Br)c1. The smallest absolute Gasteiger partial charge is 0.133 e. The highest BCUT2D eigenvalue weighted by atomic mass is 79.9. The molecule has 94 valence electrons. The van der Waals surface area contributed by atoms with Crippen molar-refractivity contribution < 1.29 is 4.74 Å². The van der Waals surface area contributed by atoms with Crippen molar-refractivity contribution in [3.63, 3.8) is 0 Å². The summed E-state index contributed by atoms with van der Waals surface area (Å²) in [5.74, 6) is 1.81. The highest BCUT2D eigenvalue weighted by Crippen LogP contribution is 2.35. The van der Waals surface area contributed by atoms with Crippen molar-refractivity contribution >= 4 is 15.9 Å². The van der Waals surface area contributed by atoms with Crippen LogP contribution in [0.3, 0.4) is 0 Å². The number of halogens is 1. The summed E-state index contributed by atoms with van der Waals surface area (Å²) in [6.07, 6.45) is 4.02. The first-order valence-corrected chi connectivity index (χ1v) is 7.09. The van der Waals surface area contributed by atoms with Gasteiger partial charge in [-0.25, -0.2) is 0 Å². The number of ether oxygens (including phenoxy) is 1. The van der Waals surface area contributed by atoms with Gasteiger partial charge in [0.05, 0.1) is 11.6 Å². The molecule has 3 heteroatoms. The van der Waals surface area contributed by atoms with Crippen molar-refractivity contribution in [1.29, 1.82) is 0 Å². The fourth-order valence-electron chi connectivity index (χ4n) is 2.26. The molecule has 1 saturated carbocycles. The summed E-state index contributed by atoms with van der Waals surface area (Å²) < 4.78 is 6.25. The lowest BCUT2D eigenvalue weighted by Gasteiger charge is -2.07. The Morgan fingerprint density at radius 1 is 1.47 bits per heavy atom. The van der Waals surface area contributed by atoms with E-state index in [2.05, 4.69) is 40.3 Å². The van der Waals surface area contributed by atoms with E-state index in [0.717, 1.165) is 28.7 Å². The van der Waals surface area contributed by atoms with Crippen molar-refractivity contribution in [1.82, 2.24) is 5.32 Å². The lowest BCUT2D eigenvalue weighted by Crippen LogP contribution is -2.17. The van der Waals surface area contributed by atoms with Gasteiger partial charge in [0.1, 0.15) is 5.75 Å². The topological polar surface area (TPSA) is 21.3 Å². The number of methoxy groups -OCH3 is 1. The number of nitrogens with one attached hydrogen (secondary N) is 1. The van der Waals surface area contributed by atoms with Crippen LogP contribution in [0.4, 0.5) is 0 Å². The molecule has 0 spiro atoms. The van der Waals surface area contributed by atoms with Crippen LogP contribution in [-0.4, -0.2) is 13.2 Å². The van der Waals surface area contributed by atoms with Crippen molar-refractivity contribution in [2.24, 2.45) is 5.92 Å². The van der Waals surface area contributed by atoms with E-state index in [1.807, 2.05) is 6.07 Å². The fourth-order valence-corrected chi connectivity index (χ4v) is 2.84. The van der Waals surface area contributed by atoms with Crippen molar-refractivity contribution in [2.45, 2.75) is 38.8 Å². The van der Waals surface area contributed by atoms with Gasteiger partial charge in [0.25, 0.3) is 0 Å². The van der Waals surface area contributed by atoms with Crippen molar-refractivity contribution in [2.75, 3.05) is 7.11 Å². The second-order valence-corrected chi connectivity index (χ2v) is 5.60. The third-order valence-electron chi connectivity index (χ3n) is 3.37. The molecule has 1 N–H and O–H groups in total. The Morgan fingerprint density at radius 2 is 2.29 bits per heavy atom. The van der Waals surface area contributed by atoms with Crippen molar-refractivity contribution in [3.8, 4) is 5.75 Å². The molecule has 0 aromatic heterocycles. The molecule has 1 aromatic rings. The van der Waals surface area contributed by atoms with Gasteiger partial charge in [-0.05, 0) is 52.4 Å². The van der Waals surface area contributed by atoms with Gasteiger partial charge in [0.15, 0.2) is 0 Å². The summed E-state index contributed by atoms with van der Waals surface area (Å²) in [6, 6.07) is 7.00. The fraction of sp³-hybridized carbons (Fsp3) is 0.571. The second kappa shape index (κ2) is 5.87. The highest BCUT2D eigenvalue weighted by Gasteiger charge is 2.35. The Balaban J connectivity index is 1.82. The van der Waals surface area contributed by atoms with Crippen LogP contribution in [0.15, 0.2) is 22.7 Å². The first kappa shape index (κ1) is 12.9. The predicted molar refractivity (Wildman–Crippen MR) is 74.3 cm³/mol. The molecule has 2 nitrogen and oxygen atoms in total. The molecule has 1 aliphatic rings. The summed E-state index contributed by atoms with van der Waals surface area (Å²) in [6.45, 7) is 3.21. The second-order valence-electron chi connectivity index (χ2n) is 4.74. The minimum atomic E-state index is 0.746. The van der Waals surface area contributed by atoms with E-state index in [-0.39, 0.29) is 0 Å². The van der Waals surface area contributed by atoms with Crippen LogP contribution in [0.1, 0.15) is 31.7 Å². The van der Waals surface area contributed by atoms with Crippen LogP contribution < -0.4 is 10.1 Å². The Hall–Kier alpha value is -0.540. The quantitative estimate of drug-likeness (QED) is 0.864. The predicted octanol–water partition coefficient (Wildman–Crippen LogP) is 3.74. The normalized spacial score (nSPS) is 22.5. The summed E-state index contributed by atoms with van der Waals surface area (Å²) in [5, 5.41) is 3.61. The van der Waals surface area contributed by atoms with Crippen LogP contribution >= 0.6 is 15.9 Å². The third kappa shape index (κ3) is 3.46. The van der Waals surface area contributed by atoms with Gasteiger partial charge in [0, 0.05) is 12.6 Å². The van der Waals surface area contributed by atoms with Gasteiger partial charge < -0.3 is 10.1 Å². The maximum absolute atomic E-state index is 5.22. The van der Waals surface area contributed by atoms with Gasteiger partial charge in [-0.15, -0.1) is 0 Å². The molecule has 0 heterocycles. The molecule has 1 aromatic carbocycles. The number of hydrogen-bond acceptors (Lipinski definition) is 2. The zero-order valence-corrected chi connectivity index (χ0v) is 12.1. The van der Waals surface area contributed by atoms with Gasteiger partial charge >= 0.3 is 0 Å². The van der Waals surface area contributed by atoms with Crippen LogP contribution in [-0.2, 0) is 6.54 Å². The van der Waals surface area contributed by atoms with E-state index >= 15 is 0 Å². The maximum atomic E-state index is 5.22. The molecule has 2 unspecified atom stereocenters. The molecular formula is C14H20BrNO. The van der Waals surface area contributed by atoms with Crippen LogP contribution in [0, 0.1) is 5.92 Å². The molecule has 17 heavy (non-hydrogen) atoms. The van der Waals surface area contributed by atoms with E-state index in [4.69, 9.17) is 4.74 Å². The van der Waals surface area contributed by atoms with E-state index in [1.165, 1.54) is 24.8 Å². The molecular weight excluding hydrogens is 278 g/mol. The van der Waals surface area contributed by atoms with E-state index in [0.29, 0.717) is 0 Å². The van der Waals surface area contributed by atoms with E-state index in [1.54, 1.807) is 7.11 Å². The lowest BCUT2D eigenvalue weighted by molar-refractivity contribution is 0.412. The summed E-state index contributed by atoms with van der Waals surface area (Å²) in [7, 11) is 1.69. The third-order valence-corrected chi connectivity index (χ3v) is 3.99. The Morgan fingerprint density at radius 3 is 2.94 bits per heavy atom. The molecule has 1 aliphatic carbocycles. The van der Waals surface area contributed by atoms with Gasteiger partial charge in [0.2, 0.25) is 0 Å². The number of hydrogen-bond donors (Lipinski definition) is 1. The van der Waals surface area contributed by atoms with Gasteiger partial charge in [-0.2, -0.15) is 0 Å². The first-order valence-electron chi connectivity index (χ1n) is 6.30. The minimum absolute atomic E-state index is 0.746. The summed E-state index contributed by atoms with van der Waals surface area (Å²) in [4.78, 5) is 0. The first-order chi connectivity index (χ1) is 8.24. The van der Waals surface area contributed by atoms with Crippen LogP contribution in [0.2, 0.25) is 0 Å². The van der Waals surface area contributed by atoms with Crippen molar-refractivity contribution in [3.05, 3.63) is 28.2 Å². The Kier molecular flexibility index (Phi) is 4.46. The number of rotatable bonds is 6. The molecule has 1 fully saturated rings. The maximum Gasteiger partial charge on any atom is 0.133 e. The zero-order valence-electron chi connectivity index (χ0n) is 10.5. The monoisotopic (exact) mass is 297 g/mol. The lowest BCUT2D eigenvalue weighted by atomic mass is 10.2.